The molecule has 0 saturated carbocycles. The van der Waals surface area contributed by atoms with E-state index >= 15 is 0 Å². The summed E-state index contributed by atoms with van der Waals surface area (Å²) in [6.07, 6.45) is 1.02. The fraction of sp³-hybridized carbons (Fsp3) is 0.571. The summed E-state index contributed by atoms with van der Waals surface area (Å²) in [5, 5.41) is 3.52. The maximum absolute atomic E-state index is 5.25. The van der Waals surface area contributed by atoms with Crippen molar-refractivity contribution >= 4 is 15.9 Å². The molecule has 1 rings (SSSR count). The summed E-state index contributed by atoms with van der Waals surface area (Å²) in [5.74, 6) is 0.881. The van der Waals surface area contributed by atoms with Gasteiger partial charge in [0.1, 0.15) is 5.75 Å². The predicted octanol–water partition coefficient (Wildman–Crippen LogP) is 2.54. The lowest BCUT2D eigenvalue weighted by atomic mass is 10.1. The highest BCUT2D eigenvalue weighted by Crippen LogP contribution is 2.26. The summed E-state index contributed by atoms with van der Waals surface area (Å²) in [7, 11) is 5.90. The van der Waals surface area contributed by atoms with E-state index in [-0.39, 0.29) is 0 Å². The van der Waals surface area contributed by atoms with Gasteiger partial charge in [0, 0.05) is 12.6 Å². The largest absolute Gasteiger partial charge is 0.496 e. The lowest BCUT2D eigenvalue weighted by Crippen LogP contribution is -2.39. The molecule has 0 aliphatic heterocycles. The maximum atomic E-state index is 5.25. The van der Waals surface area contributed by atoms with Gasteiger partial charge in [-0.05, 0) is 60.7 Å². The molecule has 18 heavy (non-hydrogen) atoms. The standard InChI is InChI=1S/C14H23BrN2O/c1-5-16-12(10-17(2)3)8-11-6-7-14(18-4)13(15)9-11/h6-7,9,12,16H,5,8,10H2,1-4H3. The molecule has 4 heteroatoms. The van der Waals surface area contributed by atoms with Gasteiger partial charge < -0.3 is 15.0 Å². The molecule has 0 heterocycles. The molecule has 102 valence electrons. The van der Waals surface area contributed by atoms with Gasteiger partial charge in [-0.2, -0.15) is 0 Å². The van der Waals surface area contributed by atoms with Crippen LogP contribution in [0.15, 0.2) is 22.7 Å². The first-order valence-electron chi connectivity index (χ1n) is 6.27. The summed E-state index contributed by atoms with van der Waals surface area (Å²) in [6, 6.07) is 6.76. The van der Waals surface area contributed by atoms with Gasteiger partial charge in [0.2, 0.25) is 0 Å². The molecule has 0 radical (unpaired) electrons. The Morgan fingerprint density at radius 1 is 1.39 bits per heavy atom. The first-order chi connectivity index (χ1) is 8.56. The van der Waals surface area contributed by atoms with Crippen LogP contribution in [0.25, 0.3) is 0 Å². The number of methoxy groups -OCH3 is 1. The van der Waals surface area contributed by atoms with Crippen molar-refractivity contribution in [3.8, 4) is 5.75 Å². The van der Waals surface area contributed by atoms with Crippen LogP contribution in [-0.2, 0) is 6.42 Å². The van der Waals surface area contributed by atoms with Crippen LogP contribution in [0.1, 0.15) is 12.5 Å². The number of halogens is 1. The maximum Gasteiger partial charge on any atom is 0.133 e. The van der Waals surface area contributed by atoms with Crippen molar-refractivity contribution in [2.45, 2.75) is 19.4 Å². The van der Waals surface area contributed by atoms with Crippen LogP contribution in [0.5, 0.6) is 5.75 Å². The Kier molecular flexibility index (Phi) is 6.68. The third kappa shape index (κ3) is 4.96. The van der Waals surface area contributed by atoms with E-state index in [2.05, 4.69) is 59.3 Å². The number of likely N-dealkylation sites (N-methyl/N-ethyl adjacent to an activating group) is 2. The van der Waals surface area contributed by atoms with E-state index in [4.69, 9.17) is 4.74 Å². The van der Waals surface area contributed by atoms with Gasteiger partial charge in [-0.25, -0.2) is 0 Å². The number of rotatable bonds is 7. The molecule has 1 atom stereocenters. The normalized spacial score (nSPS) is 12.8. The number of hydrogen-bond acceptors (Lipinski definition) is 3. The Morgan fingerprint density at radius 3 is 2.61 bits per heavy atom. The molecule has 0 aromatic heterocycles. The molecular formula is C14H23BrN2O. The average molecular weight is 315 g/mol. The van der Waals surface area contributed by atoms with Crippen molar-refractivity contribution in [3.63, 3.8) is 0 Å². The van der Waals surface area contributed by atoms with Crippen molar-refractivity contribution in [1.82, 2.24) is 10.2 Å². The van der Waals surface area contributed by atoms with Gasteiger partial charge in [0.05, 0.1) is 11.6 Å². The molecule has 0 aliphatic rings. The zero-order chi connectivity index (χ0) is 13.5. The Morgan fingerprint density at radius 2 is 2.11 bits per heavy atom. The van der Waals surface area contributed by atoms with Gasteiger partial charge in [0.25, 0.3) is 0 Å². The molecule has 1 aromatic carbocycles. The topological polar surface area (TPSA) is 24.5 Å². The Balaban J connectivity index is 2.71. The lowest BCUT2D eigenvalue weighted by molar-refractivity contribution is 0.339. The summed E-state index contributed by atoms with van der Waals surface area (Å²) in [6.45, 7) is 4.18. The average Bonchev–Trinajstić information content (AvgIpc) is 2.28. The Labute approximate surface area is 119 Å². The number of hydrogen-bond donors (Lipinski definition) is 1. The molecule has 0 bridgehead atoms. The monoisotopic (exact) mass is 314 g/mol. The van der Waals surface area contributed by atoms with Gasteiger partial charge in [-0.3, -0.25) is 0 Å². The second kappa shape index (κ2) is 7.77. The molecule has 3 nitrogen and oxygen atoms in total. The van der Waals surface area contributed by atoms with Crippen LogP contribution in [0.4, 0.5) is 0 Å². The summed E-state index contributed by atoms with van der Waals surface area (Å²) in [5.41, 5.74) is 1.32. The van der Waals surface area contributed by atoms with Crippen LogP contribution in [-0.4, -0.2) is 45.2 Å². The van der Waals surface area contributed by atoms with Gasteiger partial charge in [-0.1, -0.05) is 13.0 Å². The molecule has 1 unspecified atom stereocenters. The van der Waals surface area contributed by atoms with Crippen molar-refractivity contribution in [3.05, 3.63) is 28.2 Å². The Hall–Kier alpha value is -0.580. The second-order valence-electron chi connectivity index (χ2n) is 4.69. The number of nitrogens with zero attached hydrogens (tertiary/aromatic N) is 1. The molecule has 0 aliphatic carbocycles. The highest BCUT2D eigenvalue weighted by Gasteiger charge is 2.10. The first kappa shape index (κ1) is 15.5. The van der Waals surface area contributed by atoms with Gasteiger partial charge >= 0.3 is 0 Å². The first-order valence-corrected chi connectivity index (χ1v) is 7.06. The SMILES string of the molecule is CCNC(Cc1ccc(OC)c(Br)c1)CN(C)C. The molecular weight excluding hydrogens is 292 g/mol. The van der Waals surface area contributed by atoms with Crippen LogP contribution < -0.4 is 10.1 Å². The summed E-state index contributed by atoms with van der Waals surface area (Å²) >= 11 is 3.53. The molecule has 0 amide bonds. The van der Waals surface area contributed by atoms with Crippen molar-refractivity contribution < 1.29 is 4.74 Å². The molecule has 0 fully saturated rings. The number of ether oxygens (including phenoxy) is 1. The van der Waals surface area contributed by atoms with Gasteiger partial charge in [0.15, 0.2) is 0 Å². The third-order valence-electron chi connectivity index (χ3n) is 2.78. The lowest BCUT2D eigenvalue weighted by Gasteiger charge is -2.22. The Bertz CT molecular complexity index is 369. The number of nitrogens with one attached hydrogen (secondary N) is 1. The second-order valence-corrected chi connectivity index (χ2v) is 5.54. The minimum absolute atomic E-state index is 0.477. The predicted molar refractivity (Wildman–Crippen MR) is 80.4 cm³/mol. The smallest absolute Gasteiger partial charge is 0.133 e. The zero-order valence-electron chi connectivity index (χ0n) is 11.7. The fourth-order valence-corrected chi connectivity index (χ4v) is 2.64. The van der Waals surface area contributed by atoms with Crippen LogP contribution in [0.2, 0.25) is 0 Å². The molecule has 1 aromatic rings. The van der Waals surface area contributed by atoms with Crippen LogP contribution in [0, 0.1) is 0 Å². The van der Waals surface area contributed by atoms with Crippen molar-refractivity contribution in [2.24, 2.45) is 0 Å². The van der Waals surface area contributed by atoms with Crippen molar-refractivity contribution in [2.75, 3.05) is 34.3 Å². The zero-order valence-corrected chi connectivity index (χ0v) is 13.3. The minimum Gasteiger partial charge on any atom is -0.496 e. The van der Waals surface area contributed by atoms with E-state index in [0.29, 0.717) is 6.04 Å². The molecule has 0 spiro atoms. The van der Waals surface area contributed by atoms with Crippen LogP contribution in [0.3, 0.4) is 0 Å². The minimum atomic E-state index is 0.477. The van der Waals surface area contributed by atoms with E-state index in [1.165, 1.54) is 5.56 Å². The van der Waals surface area contributed by atoms with E-state index in [0.717, 1.165) is 29.7 Å². The van der Waals surface area contributed by atoms with Crippen molar-refractivity contribution in [1.29, 1.82) is 0 Å². The quantitative estimate of drug-likeness (QED) is 0.837. The van der Waals surface area contributed by atoms with E-state index < -0.39 is 0 Å². The van der Waals surface area contributed by atoms with E-state index in [1.54, 1.807) is 7.11 Å². The van der Waals surface area contributed by atoms with E-state index in [1.807, 2.05) is 6.07 Å². The summed E-state index contributed by atoms with van der Waals surface area (Å²) in [4.78, 5) is 2.21. The summed E-state index contributed by atoms with van der Waals surface area (Å²) < 4.78 is 6.26. The van der Waals surface area contributed by atoms with Gasteiger partial charge in [-0.15, -0.1) is 0 Å². The number of benzene rings is 1. The fourth-order valence-electron chi connectivity index (χ4n) is 2.05. The van der Waals surface area contributed by atoms with E-state index in [9.17, 15) is 0 Å². The van der Waals surface area contributed by atoms with Crippen LogP contribution >= 0.6 is 15.9 Å². The molecule has 0 saturated heterocycles. The highest BCUT2D eigenvalue weighted by atomic mass is 79.9. The third-order valence-corrected chi connectivity index (χ3v) is 3.40. The molecule has 1 N–H and O–H groups in total. The highest BCUT2D eigenvalue weighted by molar-refractivity contribution is 9.10.